The Morgan fingerprint density at radius 3 is 1.81 bits per heavy atom. The molecule has 0 aliphatic heterocycles. The van der Waals surface area contributed by atoms with Crippen molar-refractivity contribution in [1.29, 1.82) is 0 Å². The zero-order valence-corrected chi connectivity index (χ0v) is 11.2. The van der Waals surface area contributed by atoms with Gasteiger partial charge in [-0.05, 0) is 60.7 Å². The Labute approximate surface area is 107 Å². The Balaban J connectivity index is 2.64. The first-order chi connectivity index (χ1) is 7.52. The van der Waals surface area contributed by atoms with Crippen molar-refractivity contribution < 1.29 is 10.2 Å². The summed E-state index contributed by atoms with van der Waals surface area (Å²) in [6, 6.07) is 7.58. The molecule has 0 amide bonds. The summed E-state index contributed by atoms with van der Waals surface area (Å²) >= 11 is 2.21. The van der Waals surface area contributed by atoms with Gasteiger partial charge in [0, 0.05) is 14.7 Å². The van der Waals surface area contributed by atoms with Gasteiger partial charge in [-0.1, -0.05) is 0 Å². The second-order valence-corrected chi connectivity index (χ2v) is 4.95. The number of halogens is 1. The van der Waals surface area contributed by atoms with E-state index in [1.807, 2.05) is 24.3 Å². The van der Waals surface area contributed by atoms with E-state index in [1.54, 1.807) is 13.8 Å². The monoisotopic (exact) mass is 329 g/mol. The van der Waals surface area contributed by atoms with E-state index in [0.717, 1.165) is 9.26 Å². The van der Waals surface area contributed by atoms with E-state index in [2.05, 4.69) is 22.6 Å². The zero-order valence-electron chi connectivity index (χ0n) is 9.03. The van der Waals surface area contributed by atoms with Crippen LogP contribution in [0.25, 0.3) is 5.69 Å². The Morgan fingerprint density at radius 2 is 1.38 bits per heavy atom. The van der Waals surface area contributed by atoms with Gasteiger partial charge in [-0.2, -0.15) is 0 Å². The van der Waals surface area contributed by atoms with E-state index in [1.165, 1.54) is 4.57 Å². The summed E-state index contributed by atoms with van der Waals surface area (Å²) in [6.45, 7) is 3.57. The number of rotatable bonds is 1. The summed E-state index contributed by atoms with van der Waals surface area (Å²) in [5.41, 5.74) is 2.17. The molecule has 1 aromatic heterocycles. The number of benzene rings is 1. The highest BCUT2D eigenvalue weighted by Crippen LogP contribution is 2.35. The lowest BCUT2D eigenvalue weighted by Crippen LogP contribution is -1.92. The third-order valence-electron chi connectivity index (χ3n) is 2.74. The van der Waals surface area contributed by atoms with Gasteiger partial charge in [-0.25, -0.2) is 0 Å². The number of nitrogens with zero attached hydrogens (tertiary/aromatic N) is 1. The van der Waals surface area contributed by atoms with Crippen molar-refractivity contribution in [2.75, 3.05) is 0 Å². The van der Waals surface area contributed by atoms with Gasteiger partial charge in [0.05, 0.1) is 5.69 Å². The van der Waals surface area contributed by atoms with Gasteiger partial charge in [0.2, 0.25) is 11.8 Å². The van der Waals surface area contributed by atoms with Gasteiger partial charge in [0.15, 0.2) is 0 Å². The summed E-state index contributed by atoms with van der Waals surface area (Å²) in [5.74, 6) is 0.187. The molecule has 0 aliphatic carbocycles. The highest BCUT2D eigenvalue weighted by Gasteiger charge is 2.16. The maximum Gasteiger partial charge on any atom is 0.201 e. The smallest absolute Gasteiger partial charge is 0.201 e. The molecule has 0 aliphatic rings. The van der Waals surface area contributed by atoms with Gasteiger partial charge in [-0.15, -0.1) is 0 Å². The van der Waals surface area contributed by atoms with Crippen LogP contribution in [-0.2, 0) is 0 Å². The third-order valence-corrected chi connectivity index (χ3v) is 3.46. The fourth-order valence-electron chi connectivity index (χ4n) is 1.61. The van der Waals surface area contributed by atoms with Crippen LogP contribution in [-0.4, -0.2) is 14.8 Å². The van der Waals surface area contributed by atoms with Crippen LogP contribution in [0.15, 0.2) is 24.3 Å². The average Bonchev–Trinajstić information content (AvgIpc) is 2.46. The van der Waals surface area contributed by atoms with Crippen molar-refractivity contribution in [2.45, 2.75) is 13.8 Å². The maximum atomic E-state index is 9.92. The Kier molecular flexibility index (Phi) is 2.84. The molecule has 3 nitrogen and oxygen atoms in total. The minimum absolute atomic E-state index is 0.0937. The van der Waals surface area contributed by atoms with Gasteiger partial charge in [0.1, 0.15) is 0 Å². The third kappa shape index (κ3) is 1.67. The lowest BCUT2D eigenvalue weighted by Gasteiger charge is -2.06. The largest absolute Gasteiger partial charge is 0.494 e. The fourth-order valence-corrected chi connectivity index (χ4v) is 1.97. The van der Waals surface area contributed by atoms with E-state index in [4.69, 9.17) is 0 Å². The molecule has 0 bridgehead atoms. The van der Waals surface area contributed by atoms with Crippen LogP contribution in [0, 0.1) is 17.4 Å². The van der Waals surface area contributed by atoms with Gasteiger partial charge < -0.3 is 10.2 Å². The summed E-state index contributed by atoms with van der Waals surface area (Å²) in [4.78, 5) is 0. The molecule has 0 unspecified atom stereocenters. The van der Waals surface area contributed by atoms with Crippen LogP contribution in [0.4, 0.5) is 0 Å². The van der Waals surface area contributed by atoms with Gasteiger partial charge in [0.25, 0.3) is 0 Å². The fraction of sp³-hybridized carbons (Fsp3) is 0.167. The van der Waals surface area contributed by atoms with Crippen LogP contribution in [0.1, 0.15) is 11.1 Å². The molecule has 0 saturated carbocycles. The standard InChI is InChI=1S/C12H12INO2/c1-7-8(2)12(16)14(11(7)15)10-5-3-9(13)4-6-10/h3-6,15-16H,1-2H3. The quantitative estimate of drug-likeness (QED) is 0.790. The molecule has 0 fully saturated rings. The number of aromatic nitrogens is 1. The Morgan fingerprint density at radius 1 is 0.938 bits per heavy atom. The van der Waals surface area contributed by atoms with Crippen LogP contribution in [0.3, 0.4) is 0 Å². The molecule has 1 aromatic carbocycles. The zero-order chi connectivity index (χ0) is 11.9. The molecule has 0 radical (unpaired) electrons. The highest BCUT2D eigenvalue weighted by molar-refractivity contribution is 14.1. The summed E-state index contributed by atoms with van der Waals surface area (Å²) in [6.07, 6.45) is 0. The molecule has 4 heteroatoms. The minimum Gasteiger partial charge on any atom is -0.494 e. The van der Waals surface area contributed by atoms with Crippen LogP contribution in [0.5, 0.6) is 11.8 Å². The molecule has 1 heterocycles. The van der Waals surface area contributed by atoms with E-state index in [0.29, 0.717) is 11.1 Å². The summed E-state index contributed by atoms with van der Waals surface area (Å²) in [7, 11) is 0. The van der Waals surface area contributed by atoms with Gasteiger partial charge >= 0.3 is 0 Å². The van der Waals surface area contributed by atoms with Crippen molar-refractivity contribution in [3.63, 3.8) is 0 Å². The topological polar surface area (TPSA) is 45.4 Å². The second kappa shape index (κ2) is 4.01. The predicted molar refractivity (Wildman–Crippen MR) is 71.3 cm³/mol. The molecule has 0 spiro atoms. The van der Waals surface area contributed by atoms with Gasteiger partial charge in [-0.3, -0.25) is 4.57 Å². The molecule has 0 saturated heterocycles. The van der Waals surface area contributed by atoms with E-state index < -0.39 is 0 Å². The number of hydrogen-bond donors (Lipinski definition) is 2. The molecule has 16 heavy (non-hydrogen) atoms. The SMILES string of the molecule is Cc1c(C)c(O)n(-c2ccc(I)cc2)c1O. The normalized spacial score (nSPS) is 10.7. The molecule has 2 N–H and O–H groups in total. The first-order valence-electron chi connectivity index (χ1n) is 4.88. The van der Waals surface area contributed by atoms with E-state index in [-0.39, 0.29) is 11.8 Å². The minimum atomic E-state index is 0.0937. The first kappa shape index (κ1) is 11.3. The van der Waals surface area contributed by atoms with Crippen molar-refractivity contribution in [2.24, 2.45) is 0 Å². The molecular weight excluding hydrogens is 317 g/mol. The lowest BCUT2D eigenvalue weighted by molar-refractivity contribution is 0.400. The summed E-state index contributed by atoms with van der Waals surface area (Å²) in [5, 5.41) is 19.8. The Hall–Kier alpha value is -1.17. The van der Waals surface area contributed by atoms with Crippen molar-refractivity contribution in [3.8, 4) is 17.4 Å². The van der Waals surface area contributed by atoms with E-state index in [9.17, 15) is 10.2 Å². The number of hydrogen-bond acceptors (Lipinski definition) is 2. The molecular formula is C12H12INO2. The molecule has 2 rings (SSSR count). The predicted octanol–water partition coefficient (Wildman–Crippen LogP) is 3.11. The molecule has 0 atom stereocenters. The first-order valence-corrected chi connectivity index (χ1v) is 5.96. The van der Waals surface area contributed by atoms with Crippen molar-refractivity contribution in [3.05, 3.63) is 39.0 Å². The summed E-state index contributed by atoms with van der Waals surface area (Å²) < 4.78 is 2.56. The van der Waals surface area contributed by atoms with Crippen LogP contribution < -0.4 is 0 Å². The lowest BCUT2D eigenvalue weighted by atomic mass is 10.2. The number of aromatic hydroxyl groups is 2. The van der Waals surface area contributed by atoms with Crippen LogP contribution in [0.2, 0.25) is 0 Å². The van der Waals surface area contributed by atoms with Crippen LogP contribution >= 0.6 is 22.6 Å². The molecule has 84 valence electrons. The van der Waals surface area contributed by atoms with Crippen molar-refractivity contribution >= 4 is 22.6 Å². The highest BCUT2D eigenvalue weighted by atomic mass is 127. The maximum absolute atomic E-state index is 9.92. The second-order valence-electron chi connectivity index (χ2n) is 3.71. The van der Waals surface area contributed by atoms with Crippen molar-refractivity contribution in [1.82, 2.24) is 4.57 Å². The molecule has 2 aromatic rings. The average molecular weight is 329 g/mol. The Bertz CT molecular complexity index is 503. The van der Waals surface area contributed by atoms with E-state index >= 15 is 0 Å².